The average molecular weight is 113 g/mol. The first-order valence-electron chi connectivity index (χ1n) is 2.35. The molecule has 1 rings (SSSR count). The lowest BCUT2D eigenvalue weighted by Gasteiger charge is -1.83. The SMILES string of the molecule is C1=CSCCCN=1. The number of hydrogen-bond acceptors (Lipinski definition) is 2. The first-order chi connectivity index (χ1) is 3.50. The summed E-state index contributed by atoms with van der Waals surface area (Å²) in [6.45, 7) is 0.962. The third-order valence-electron chi connectivity index (χ3n) is 0.759. The molecule has 0 aromatic carbocycles. The quantitative estimate of drug-likeness (QED) is 0.461. The number of rotatable bonds is 0. The molecule has 1 aliphatic rings. The van der Waals surface area contributed by atoms with E-state index < -0.39 is 0 Å². The van der Waals surface area contributed by atoms with Crippen LogP contribution in [-0.4, -0.2) is 18.2 Å². The lowest BCUT2D eigenvalue weighted by atomic mass is 10.5. The van der Waals surface area contributed by atoms with Crippen LogP contribution in [-0.2, 0) is 0 Å². The van der Waals surface area contributed by atoms with Crippen LogP contribution in [0.3, 0.4) is 0 Å². The Hall–Kier alpha value is -0.200. The number of nitrogens with zero attached hydrogens (tertiary/aromatic N) is 1. The maximum absolute atomic E-state index is 3.94. The Morgan fingerprint density at radius 2 is 2.71 bits per heavy atom. The molecule has 0 unspecified atom stereocenters. The van der Waals surface area contributed by atoms with Crippen molar-refractivity contribution in [2.75, 3.05) is 12.3 Å². The van der Waals surface area contributed by atoms with Gasteiger partial charge in [-0.25, -0.2) is 4.99 Å². The van der Waals surface area contributed by atoms with Gasteiger partial charge < -0.3 is 0 Å². The van der Waals surface area contributed by atoms with E-state index in [9.17, 15) is 0 Å². The summed E-state index contributed by atoms with van der Waals surface area (Å²) in [6.07, 6.45) is 1.20. The topological polar surface area (TPSA) is 12.4 Å². The maximum Gasteiger partial charge on any atom is 0.0492 e. The van der Waals surface area contributed by atoms with Crippen LogP contribution in [0.25, 0.3) is 0 Å². The predicted molar refractivity (Wildman–Crippen MR) is 33.9 cm³/mol. The molecule has 0 aromatic heterocycles. The molecule has 1 heterocycles. The summed E-state index contributed by atoms with van der Waals surface area (Å²) in [6, 6.07) is 0. The zero-order chi connectivity index (χ0) is 4.95. The van der Waals surface area contributed by atoms with Crippen LogP contribution in [0.4, 0.5) is 0 Å². The van der Waals surface area contributed by atoms with Crippen molar-refractivity contribution in [3.05, 3.63) is 5.41 Å². The van der Waals surface area contributed by atoms with E-state index in [1.807, 2.05) is 5.41 Å². The molecule has 1 aliphatic heterocycles. The van der Waals surface area contributed by atoms with E-state index in [2.05, 4.69) is 10.9 Å². The molecule has 0 fully saturated rings. The van der Waals surface area contributed by atoms with Crippen LogP contribution in [0, 0.1) is 0 Å². The van der Waals surface area contributed by atoms with E-state index in [1.54, 1.807) is 11.8 Å². The third kappa shape index (κ3) is 1.81. The monoisotopic (exact) mass is 113 g/mol. The molecular formula is C5H7NS. The van der Waals surface area contributed by atoms with Crippen molar-refractivity contribution >= 4 is 17.6 Å². The minimum atomic E-state index is 0.962. The maximum atomic E-state index is 3.94. The summed E-state index contributed by atoms with van der Waals surface area (Å²) in [5.74, 6) is 4.02. The van der Waals surface area contributed by atoms with Crippen LogP contribution < -0.4 is 0 Å². The van der Waals surface area contributed by atoms with E-state index in [0.29, 0.717) is 0 Å². The lowest BCUT2D eigenvalue weighted by molar-refractivity contribution is 0.954. The summed E-state index contributed by atoms with van der Waals surface area (Å²) in [5, 5.41) is 1.92. The molecule has 0 spiro atoms. The second-order valence-corrected chi connectivity index (χ2v) is 2.33. The zero-order valence-electron chi connectivity index (χ0n) is 4.05. The van der Waals surface area contributed by atoms with Crippen LogP contribution in [0.2, 0.25) is 0 Å². The second-order valence-electron chi connectivity index (χ2n) is 1.35. The molecule has 0 bridgehead atoms. The molecule has 0 aromatic rings. The van der Waals surface area contributed by atoms with Gasteiger partial charge >= 0.3 is 0 Å². The van der Waals surface area contributed by atoms with Crippen molar-refractivity contribution in [3.8, 4) is 0 Å². The van der Waals surface area contributed by atoms with Gasteiger partial charge in [-0.2, -0.15) is 0 Å². The summed E-state index contributed by atoms with van der Waals surface area (Å²) >= 11 is 1.79. The van der Waals surface area contributed by atoms with Gasteiger partial charge in [0, 0.05) is 12.0 Å². The predicted octanol–water partition coefficient (Wildman–Crippen LogP) is 1.31. The van der Waals surface area contributed by atoms with Crippen molar-refractivity contribution in [1.82, 2.24) is 0 Å². The smallest absolute Gasteiger partial charge is 0.0492 e. The Bertz CT molecular complexity index is 92.6. The number of hydrogen-bond donors (Lipinski definition) is 0. The lowest BCUT2D eigenvalue weighted by Crippen LogP contribution is -1.78. The molecule has 38 valence electrons. The molecular weight excluding hydrogens is 106 g/mol. The van der Waals surface area contributed by atoms with Crippen LogP contribution in [0.1, 0.15) is 6.42 Å². The van der Waals surface area contributed by atoms with E-state index in [0.717, 1.165) is 6.54 Å². The summed E-state index contributed by atoms with van der Waals surface area (Å²) in [4.78, 5) is 3.94. The first kappa shape index (κ1) is 4.95. The van der Waals surface area contributed by atoms with Gasteiger partial charge in [0.2, 0.25) is 0 Å². The zero-order valence-corrected chi connectivity index (χ0v) is 4.87. The average Bonchev–Trinajstić information content (AvgIpc) is 1.90. The second kappa shape index (κ2) is 2.89. The minimum Gasteiger partial charge on any atom is -0.243 e. The molecule has 0 radical (unpaired) electrons. The molecule has 2 heteroatoms. The number of aliphatic imine (C=N–C) groups is 1. The van der Waals surface area contributed by atoms with Gasteiger partial charge in [0.1, 0.15) is 0 Å². The van der Waals surface area contributed by atoms with E-state index >= 15 is 0 Å². The highest BCUT2D eigenvalue weighted by Gasteiger charge is 1.85. The Kier molecular flexibility index (Phi) is 2.04. The molecule has 0 saturated heterocycles. The molecule has 0 saturated carbocycles. The standard InChI is InChI=1S/C5H7NS/c1-2-6-3-5-7-4-1/h5H,1-2,4H2. The fraction of sp³-hybridized carbons (Fsp3) is 0.600. The third-order valence-corrected chi connectivity index (χ3v) is 1.56. The van der Waals surface area contributed by atoms with Crippen molar-refractivity contribution < 1.29 is 0 Å². The Morgan fingerprint density at radius 3 is 3.71 bits per heavy atom. The summed E-state index contributed by atoms with van der Waals surface area (Å²) in [5.41, 5.74) is 0. The molecule has 7 heavy (non-hydrogen) atoms. The van der Waals surface area contributed by atoms with Gasteiger partial charge in [0.25, 0.3) is 0 Å². The molecule has 0 N–H and O–H groups in total. The van der Waals surface area contributed by atoms with E-state index in [-0.39, 0.29) is 0 Å². The first-order valence-corrected chi connectivity index (χ1v) is 3.40. The Morgan fingerprint density at radius 1 is 1.71 bits per heavy atom. The van der Waals surface area contributed by atoms with Crippen molar-refractivity contribution in [1.29, 1.82) is 0 Å². The largest absolute Gasteiger partial charge is 0.243 e. The van der Waals surface area contributed by atoms with Gasteiger partial charge in [-0.05, 0) is 18.0 Å². The van der Waals surface area contributed by atoms with Gasteiger partial charge in [-0.15, -0.1) is 11.8 Å². The van der Waals surface area contributed by atoms with Gasteiger partial charge in [0.05, 0.1) is 0 Å². The Balaban J connectivity index is 2.40. The van der Waals surface area contributed by atoms with Gasteiger partial charge in [0.15, 0.2) is 0 Å². The van der Waals surface area contributed by atoms with Crippen LogP contribution in [0.5, 0.6) is 0 Å². The van der Waals surface area contributed by atoms with Crippen molar-refractivity contribution in [2.24, 2.45) is 4.99 Å². The van der Waals surface area contributed by atoms with Crippen molar-refractivity contribution in [3.63, 3.8) is 0 Å². The van der Waals surface area contributed by atoms with Gasteiger partial charge in [-0.3, -0.25) is 0 Å². The highest BCUT2D eigenvalue weighted by molar-refractivity contribution is 8.02. The normalized spacial score (nSPS) is 19.4. The molecule has 0 amide bonds. The highest BCUT2D eigenvalue weighted by atomic mass is 32.2. The van der Waals surface area contributed by atoms with Crippen LogP contribution >= 0.6 is 11.8 Å². The molecule has 0 aliphatic carbocycles. The van der Waals surface area contributed by atoms with E-state index in [4.69, 9.17) is 0 Å². The molecule has 1 nitrogen and oxygen atoms in total. The fourth-order valence-electron chi connectivity index (χ4n) is 0.425. The molecule has 0 atom stereocenters. The van der Waals surface area contributed by atoms with E-state index in [1.165, 1.54) is 12.2 Å². The highest BCUT2D eigenvalue weighted by Crippen LogP contribution is 2.03. The minimum absolute atomic E-state index is 0.962. The summed E-state index contributed by atoms with van der Waals surface area (Å²) < 4.78 is 0. The Labute approximate surface area is 47.5 Å². The van der Waals surface area contributed by atoms with Crippen LogP contribution in [0.15, 0.2) is 10.4 Å². The summed E-state index contributed by atoms with van der Waals surface area (Å²) in [7, 11) is 0. The van der Waals surface area contributed by atoms with Gasteiger partial charge in [-0.1, -0.05) is 0 Å². The van der Waals surface area contributed by atoms with Crippen molar-refractivity contribution in [2.45, 2.75) is 6.42 Å². The fourth-order valence-corrected chi connectivity index (χ4v) is 0.988. The number of thioether (sulfide) groups is 1.